The first-order valence-corrected chi connectivity index (χ1v) is 8.35. The molecular weight excluding hydrogens is 302 g/mol. The molecule has 0 aromatic heterocycles. The number of carboxylic acid groups (broad SMARTS) is 1. The topological polar surface area (TPSA) is 49.8 Å². The number of rotatable bonds is 5. The van der Waals surface area contributed by atoms with Crippen molar-refractivity contribution in [3.63, 3.8) is 0 Å². The van der Waals surface area contributed by atoms with Crippen LogP contribution in [0.25, 0.3) is 0 Å². The van der Waals surface area contributed by atoms with Crippen molar-refractivity contribution in [3.8, 4) is 5.75 Å². The van der Waals surface area contributed by atoms with Crippen LogP contribution in [0.15, 0.2) is 54.6 Å². The second-order valence-electron chi connectivity index (χ2n) is 6.20. The van der Waals surface area contributed by atoms with Gasteiger partial charge in [0.05, 0.1) is 19.1 Å². The van der Waals surface area contributed by atoms with E-state index in [2.05, 4.69) is 23.1 Å². The summed E-state index contributed by atoms with van der Waals surface area (Å²) in [5.41, 5.74) is 2.33. The predicted octanol–water partition coefficient (Wildman–Crippen LogP) is 3.58. The van der Waals surface area contributed by atoms with E-state index in [9.17, 15) is 9.90 Å². The third-order valence-corrected chi connectivity index (χ3v) is 4.79. The summed E-state index contributed by atoms with van der Waals surface area (Å²) in [6, 6.07) is 18.5. The second-order valence-corrected chi connectivity index (χ2v) is 6.20. The number of para-hydroxylation sites is 1. The molecule has 24 heavy (non-hydrogen) atoms. The zero-order valence-corrected chi connectivity index (χ0v) is 13.9. The van der Waals surface area contributed by atoms with Gasteiger partial charge in [0.25, 0.3) is 0 Å². The second kappa shape index (κ2) is 7.49. The maximum Gasteiger partial charge on any atom is 0.306 e. The Morgan fingerprint density at radius 1 is 1.08 bits per heavy atom. The first-order chi connectivity index (χ1) is 11.7. The molecule has 1 heterocycles. The third kappa shape index (κ3) is 3.44. The lowest BCUT2D eigenvalue weighted by atomic mass is 9.91. The fraction of sp³-hybridized carbons (Fsp3) is 0.350. The fourth-order valence-corrected chi connectivity index (χ4v) is 3.52. The Labute approximate surface area is 142 Å². The Morgan fingerprint density at radius 3 is 2.33 bits per heavy atom. The molecule has 126 valence electrons. The summed E-state index contributed by atoms with van der Waals surface area (Å²) in [6.07, 6.45) is 1.38. The summed E-state index contributed by atoms with van der Waals surface area (Å²) in [5.74, 6) is -0.0368. The number of aliphatic carboxylic acids is 1. The van der Waals surface area contributed by atoms with Gasteiger partial charge in [-0.3, -0.25) is 9.69 Å². The maximum absolute atomic E-state index is 11.2. The van der Waals surface area contributed by atoms with E-state index in [0.29, 0.717) is 12.8 Å². The van der Waals surface area contributed by atoms with Crippen LogP contribution in [0.1, 0.15) is 30.0 Å². The van der Waals surface area contributed by atoms with Crippen LogP contribution in [0.5, 0.6) is 5.75 Å². The van der Waals surface area contributed by atoms with Gasteiger partial charge >= 0.3 is 5.97 Å². The molecule has 1 atom stereocenters. The predicted molar refractivity (Wildman–Crippen MR) is 93.2 cm³/mol. The van der Waals surface area contributed by atoms with Crippen LogP contribution in [-0.2, 0) is 4.79 Å². The van der Waals surface area contributed by atoms with Crippen molar-refractivity contribution in [1.82, 2.24) is 4.90 Å². The zero-order chi connectivity index (χ0) is 16.9. The summed E-state index contributed by atoms with van der Waals surface area (Å²) in [6.45, 7) is 1.54. The lowest BCUT2D eigenvalue weighted by Gasteiger charge is -2.37. The fourth-order valence-electron chi connectivity index (χ4n) is 3.52. The molecule has 1 N–H and O–H groups in total. The number of hydrogen-bond donors (Lipinski definition) is 1. The number of ether oxygens (including phenoxy) is 1. The number of likely N-dealkylation sites (tertiary alicyclic amines) is 1. The van der Waals surface area contributed by atoms with Crippen molar-refractivity contribution in [1.29, 1.82) is 0 Å². The van der Waals surface area contributed by atoms with Crippen molar-refractivity contribution < 1.29 is 14.6 Å². The maximum atomic E-state index is 11.2. The van der Waals surface area contributed by atoms with Crippen molar-refractivity contribution in [2.45, 2.75) is 18.9 Å². The summed E-state index contributed by atoms with van der Waals surface area (Å²) >= 11 is 0. The van der Waals surface area contributed by atoms with E-state index in [4.69, 9.17) is 4.74 Å². The molecule has 0 saturated carbocycles. The number of hydrogen-bond acceptors (Lipinski definition) is 3. The minimum Gasteiger partial charge on any atom is -0.496 e. The van der Waals surface area contributed by atoms with Gasteiger partial charge in [-0.2, -0.15) is 0 Å². The van der Waals surface area contributed by atoms with E-state index >= 15 is 0 Å². The van der Waals surface area contributed by atoms with E-state index in [1.165, 1.54) is 5.56 Å². The number of nitrogens with zero attached hydrogens (tertiary/aromatic N) is 1. The lowest BCUT2D eigenvalue weighted by Crippen LogP contribution is -2.39. The normalized spacial score (nSPS) is 17.4. The first-order valence-electron chi connectivity index (χ1n) is 8.35. The molecule has 0 amide bonds. The summed E-state index contributed by atoms with van der Waals surface area (Å²) < 4.78 is 5.58. The van der Waals surface area contributed by atoms with Crippen LogP contribution in [0.2, 0.25) is 0 Å². The van der Waals surface area contributed by atoms with E-state index in [0.717, 1.165) is 24.4 Å². The van der Waals surface area contributed by atoms with Gasteiger partial charge in [0, 0.05) is 5.56 Å². The summed E-state index contributed by atoms with van der Waals surface area (Å²) in [5, 5.41) is 9.24. The molecule has 4 heteroatoms. The Balaban J connectivity index is 1.94. The smallest absolute Gasteiger partial charge is 0.306 e. The van der Waals surface area contributed by atoms with Crippen molar-refractivity contribution >= 4 is 5.97 Å². The highest BCUT2D eigenvalue weighted by Gasteiger charge is 2.31. The molecular formula is C20H23NO3. The number of carboxylic acids is 1. The first kappa shape index (κ1) is 16.5. The van der Waals surface area contributed by atoms with E-state index < -0.39 is 5.97 Å². The molecule has 3 rings (SSSR count). The number of benzene rings is 2. The molecule has 1 aliphatic heterocycles. The molecule has 0 bridgehead atoms. The monoisotopic (exact) mass is 325 g/mol. The molecule has 1 unspecified atom stereocenters. The Kier molecular flexibility index (Phi) is 5.16. The largest absolute Gasteiger partial charge is 0.496 e. The quantitative estimate of drug-likeness (QED) is 0.913. The molecule has 2 aromatic carbocycles. The van der Waals surface area contributed by atoms with Crippen LogP contribution in [0, 0.1) is 5.92 Å². The number of methoxy groups -OCH3 is 1. The van der Waals surface area contributed by atoms with Gasteiger partial charge < -0.3 is 9.84 Å². The van der Waals surface area contributed by atoms with E-state index in [1.807, 2.05) is 36.4 Å². The standard InChI is InChI=1S/C20H23NO3/c1-24-18-10-6-5-9-17(18)19(15-7-3-2-4-8-15)21-13-11-16(12-14-21)20(22)23/h2-10,16,19H,11-14H2,1H3,(H,22,23). The Bertz CT molecular complexity index is 678. The molecule has 0 aliphatic carbocycles. The highest BCUT2D eigenvalue weighted by Crippen LogP contribution is 2.36. The Hall–Kier alpha value is -2.33. The van der Waals surface area contributed by atoms with Crippen molar-refractivity contribution in [2.75, 3.05) is 20.2 Å². The summed E-state index contributed by atoms with van der Waals surface area (Å²) in [7, 11) is 1.69. The van der Waals surface area contributed by atoms with Gasteiger partial charge in [-0.15, -0.1) is 0 Å². The third-order valence-electron chi connectivity index (χ3n) is 4.79. The minimum absolute atomic E-state index is 0.0806. The van der Waals surface area contributed by atoms with Gasteiger partial charge in [0.1, 0.15) is 5.75 Å². The zero-order valence-electron chi connectivity index (χ0n) is 13.9. The average molecular weight is 325 g/mol. The van der Waals surface area contributed by atoms with Crippen LogP contribution >= 0.6 is 0 Å². The van der Waals surface area contributed by atoms with Gasteiger partial charge in [0.2, 0.25) is 0 Å². The van der Waals surface area contributed by atoms with Crippen molar-refractivity contribution in [3.05, 3.63) is 65.7 Å². The molecule has 0 radical (unpaired) electrons. The minimum atomic E-state index is -0.678. The molecule has 4 nitrogen and oxygen atoms in total. The van der Waals surface area contributed by atoms with E-state index in [-0.39, 0.29) is 12.0 Å². The van der Waals surface area contributed by atoms with E-state index in [1.54, 1.807) is 7.11 Å². The van der Waals surface area contributed by atoms with Crippen molar-refractivity contribution in [2.24, 2.45) is 5.92 Å². The van der Waals surface area contributed by atoms with Gasteiger partial charge in [-0.1, -0.05) is 48.5 Å². The van der Waals surface area contributed by atoms with Gasteiger partial charge in [0.15, 0.2) is 0 Å². The SMILES string of the molecule is COc1ccccc1C(c1ccccc1)N1CCC(C(=O)O)CC1. The Morgan fingerprint density at radius 2 is 1.71 bits per heavy atom. The highest BCUT2D eigenvalue weighted by atomic mass is 16.5. The van der Waals surface area contributed by atoms with Crippen LogP contribution in [0.3, 0.4) is 0 Å². The average Bonchev–Trinajstić information content (AvgIpc) is 2.64. The molecule has 2 aromatic rings. The molecule has 0 spiro atoms. The van der Waals surface area contributed by atoms with Crippen LogP contribution < -0.4 is 4.74 Å². The number of piperidine rings is 1. The highest BCUT2D eigenvalue weighted by molar-refractivity contribution is 5.70. The molecule has 1 fully saturated rings. The van der Waals surface area contributed by atoms with Gasteiger partial charge in [-0.25, -0.2) is 0 Å². The van der Waals surface area contributed by atoms with Crippen LogP contribution in [-0.4, -0.2) is 36.2 Å². The number of carbonyl (C=O) groups is 1. The summed E-state index contributed by atoms with van der Waals surface area (Å²) in [4.78, 5) is 13.6. The lowest BCUT2D eigenvalue weighted by molar-refractivity contribution is -0.143. The van der Waals surface area contributed by atoms with Gasteiger partial charge in [-0.05, 0) is 37.6 Å². The molecule has 1 aliphatic rings. The molecule has 1 saturated heterocycles. The van der Waals surface area contributed by atoms with Crippen LogP contribution in [0.4, 0.5) is 0 Å².